The molecule has 0 radical (unpaired) electrons. The first kappa shape index (κ1) is 22.7. The van der Waals surface area contributed by atoms with Crippen molar-refractivity contribution in [2.75, 3.05) is 5.73 Å². The van der Waals surface area contributed by atoms with Crippen LogP contribution < -0.4 is 19.9 Å². The molecule has 33 heavy (non-hydrogen) atoms. The molecule has 0 spiro atoms. The first-order valence-corrected chi connectivity index (χ1v) is 11.3. The molecule has 4 aromatic rings. The van der Waals surface area contributed by atoms with Crippen LogP contribution in [-0.2, 0) is 28.8 Å². The zero-order valence-electron chi connectivity index (χ0n) is 17.6. The molecule has 3 aromatic heterocycles. The van der Waals surface area contributed by atoms with Gasteiger partial charge in [0.1, 0.15) is 29.4 Å². The first-order valence-electron chi connectivity index (χ1n) is 9.83. The Morgan fingerprint density at radius 1 is 1.15 bits per heavy atom. The Balaban J connectivity index is 1.40. The molecule has 0 aliphatic carbocycles. The number of anilines is 1. The zero-order chi connectivity index (χ0) is 23.4. The van der Waals surface area contributed by atoms with Gasteiger partial charge in [-0.15, -0.1) is 0 Å². The lowest BCUT2D eigenvalue weighted by Crippen LogP contribution is -2.38. The molecule has 3 heterocycles. The number of aryl methyl sites for hydroxylation is 1. The predicted octanol–water partition coefficient (Wildman–Crippen LogP) is 2.11. The number of aromatic nitrogens is 3. The Hall–Kier alpha value is -3.50. The van der Waals surface area contributed by atoms with Crippen LogP contribution in [0.3, 0.4) is 0 Å². The summed E-state index contributed by atoms with van der Waals surface area (Å²) in [6.07, 6.45) is 2.03. The van der Waals surface area contributed by atoms with E-state index in [-0.39, 0.29) is 5.82 Å². The minimum Gasteiger partial charge on any atom is -0.756 e. The van der Waals surface area contributed by atoms with Gasteiger partial charge in [0.05, 0.1) is 11.9 Å². The number of pyridine rings is 1. The van der Waals surface area contributed by atoms with E-state index >= 15 is 0 Å². The lowest BCUT2D eigenvalue weighted by atomic mass is 10.1. The van der Waals surface area contributed by atoms with Crippen molar-refractivity contribution in [3.05, 3.63) is 77.4 Å². The quantitative estimate of drug-likeness (QED) is 0.273. The van der Waals surface area contributed by atoms with Crippen molar-refractivity contribution < 1.29 is 37.2 Å². The van der Waals surface area contributed by atoms with Crippen LogP contribution in [-0.4, -0.2) is 15.2 Å². The van der Waals surface area contributed by atoms with Gasteiger partial charge in [-0.1, -0.05) is 22.4 Å². The van der Waals surface area contributed by atoms with E-state index in [2.05, 4.69) is 14.8 Å². The molecule has 172 valence electrons. The van der Waals surface area contributed by atoms with Crippen LogP contribution in [0.4, 0.5) is 5.82 Å². The fourth-order valence-electron chi connectivity index (χ4n) is 3.10. The molecule has 1 atom stereocenters. The van der Waals surface area contributed by atoms with E-state index in [0.717, 1.165) is 17.0 Å². The van der Waals surface area contributed by atoms with E-state index < -0.39 is 14.6 Å². The van der Waals surface area contributed by atoms with Crippen molar-refractivity contribution in [1.29, 1.82) is 0 Å². The first-order chi connectivity index (χ1) is 15.8. The number of benzene rings is 1. The van der Waals surface area contributed by atoms with E-state index in [1.807, 2.05) is 37.3 Å². The predicted molar refractivity (Wildman–Crippen MR) is 112 cm³/mol. The topological polar surface area (TPSA) is 161 Å². The smallest absolute Gasteiger partial charge is 0.285 e. The van der Waals surface area contributed by atoms with Crippen LogP contribution in [0, 0.1) is 6.92 Å². The lowest BCUT2D eigenvalue weighted by molar-refractivity contribution is -0.712. The molecule has 11 nitrogen and oxygen atoms in total. The number of ether oxygens (including phenoxy) is 1. The summed E-state index contributed by atoms with van der Waals surface area (Å²) < 4.78 is 32.7. The molecule has 0 saturated carbocycles. The monoisotopic (exact) mass is 472 g/mol. The van der Waals surface area contributed by atoms with Crippen molar-refractivity contribution in [3.63, 3.8) is 0 Å². The fraction of sp³-hybridized carbons (Fsp3) is 0.190. The van der Waals surface area contributed by atoms with E-state index in [9.17, 15) is 9.46 Å². The molecular weight excluding hydrogens is 451 g/mol. The van der Waals surface area contributed by atoms with Gasteiger partial charge < -0.3 is 23.6 Å². The summed E-state index contributed by atoms with van der Waals surface area (Å²) in [5.74, 6) is 2.04. The van der Waals surface area contributed by atoms with Crippen molar-refractivity contribution in [2.24, 2.45) is 0 Å². The van der Waals surface area contributed by atoms with E-state index in [1.165, 1.54) is 10.8 Å². The molecular formula is C21H21N4O7P. The minimum atomic E-state index is -4.87. The maximum atomic E-state index is 10.8. The van der Waals surface area contributed by atoms with Crippen molar-refractivity contribution in [3.8, 4) is 17.1 Å². The van der Waals surface area contributed by atoms with E-state index in [4.69, 9.17) is 24.4 Å². The summed E-state index contributed by atoms with van der Waals surface area (Å²) >= 11 is 0. The van der Waals surface area contributed by atoms with Crippen molar-refractivity contribution in [1.82, 2.24) is 10.3 Å². The standard InChI is InChI=1S/C21H21N4O7P/c1-14-9-17(24-31-14)12-29-18-6-4-15(5-7-18)10-16-11-20(32-23-16)19-3-2-8-25(21(19)22)13-30-33(26,27)28/h2-9,11,22H,10,12-13H2,1H3,(H2,26,27,28). The average molecular weight is 472 g/mol. The van der Waals surface area contributed by atoms with Gasteiger partial charge in [0, 0.05) is 18.6 Å². The van der Waals surface area contributed by atoms with Gasteiger partial charge in [-0.05, 0) is 36.8 Å². The largest absolute Gasteiger partial charge is 0.756 e. The van der Waals surface area contributed by atoms with E-state index in [1.54, 1.807) is 18.2 Å². The molecule has 0 aliphatic heterocycles. The molecule has 0 fully saturated rings. The second kappa shape index (κ2) is 9.55. The Bertz CT molecular complexity index is 1280. The number of phosphoric ester groups is 1. The molecule has 0 saturated heterocycles. The number of hydrogen-bond acceptors (Lipinski definition) is 9. The molecule has 12 heteroatoms. The lowest BCUT2D eigenvalue weighted by Gasteiger charge is -2.14. The van der Waals surface area contributed by atoms with E-state index in [0.29, 0.717) is 35.8 Å². The minimum absolute atomic E-state index is 0.192. The summed E-state index contributed by atoms with van der Waals surface area (Å²) in [4.78, 5) is 19.6. The maximum absolute atomic E-state index is 10.8. The van der Waals surface area contributed by atoms with Crippen LogP contribution in [0.5, 0.6) is 5.75 Å². The maximum Gasteiger partial charge on any atom is 0.285 e. The summed E-state index contributed by atoms with van der Waals surface area (Å²) in [5, 5.41) is 7.98. The molecule has 3 N–H and O–H groups in total. The highest BCUT2D eigenvalue weighted by Crippen LogP contribution is 2.30. The third kappa shape index (κ3) is 6.05. The Labute approximate surface area is 188 Å². The Kier molecular flexibility index (Phi) is 6.57. The van der Waals surface area contributed by atoms with Gasteiger partial charge in [0.15, 0.2) is 12.5 Å². The summed E-state index contributed by atoms with van der Waals surface area (Å²) in [5.41, 5.74) is 9.00. The number of nitrogen functional groups attached to an aromatic ring is 1. The van der Waals surface area contributed by atoms with Crippen LogP contribution in [0.15, 0.2) is 63.8 Å². The second-order valence-electron chi connectivity index (χ2n) is 7.22. The second-order valence-corrected chi connectivity index (χ2v) is 8.42. The SMILES string of the molecule is Cc1cc(COc2ccc(Cc3cc(-c4ccc[n+](COP(=O)([O-])O)c4N)on3)cc2)no1. The summed E-state index contributed by atoms with van der Waals surface area (Å²) in [6.45, 7) is 1.67. The van der Waals surface area contributed by atoms with Crippen LogP contribution in [0.25, 0.3) is 11.3 Å². The number of nitrogens with two attached hydrogens (primary N) is 1. The number of nitrogens with zero attached hydrogens (tertiary/aromatic N) is 3. The molecule has 0 aliphatic rings. The Morgan fingerprint density at radius 3 is 2.61 bits per heavy atom. The summed E-state index contributed by atoms with van der Waals surface area (Å²) in [6, 6.07) is 14.5. The van der Waals surface area contributed by atoms with Gasteiger partial charge in [-0.2, -0.15) is 0 Å². The third-order valence-corrected chi connectivity index (χ3v) is 5.11. The summed E-state index contributed by atoms with van der Waals surface area (Å²) in [7, 11) is -4.87. The highest BCUT2D eigenvalue weighted by molar-refractivity contribution is 7.44. The van der Waals surface area contributed by atoms with Gasteiger partial charge in [0.2, 0.25) is 0 Å². The third-order valence-electron chi connectivity index (χ3n) is 4.67. The molecule has 1 aromatic carbocycles. The van der Waals surface area contributed by atoms with Crippen molar-refractivity contribution in [2.45, 2.75) is 26.7 Å². The normalized spacial score (nSPS) is 13.1. The van der Waals surface area contributed by atoms with Crippen LogP contribution in [0.2, 0.25) is 0 Å². The van der Waals surface area contributed by atoms with Gasteiger partial charge in [-0.25, -0.2) is 4.57 Å². The van der Waals surface area contributed by atoms with Gasteiger partial charge in [-0.3, -0.25) is 14.8 Å². The molecule has 0 amide bonds. The average Bonchev–Trinajstić information content (AvgIpc) is 3.41. The molecule has 0 bridgehead atoms. The number of rotatable bonds is 9. The zero-order valence-corrected chi connectivity index (χ0v) is 18.5. The van der Waals surface area contributed by atoms with Crippen LogP contribution in [0.1, 0.15) is 22.7 Å². The number of hydrogen-bond donors (Lipinski definition) is 2. The number of phosphoric acid groups is 1. The van der Waals surface area contributed by atoms with Crippen molar-refractivity contribution >= 4 is 13.6 Å². The van der Waals surface area contributed by atoms with Gasteiger partial charge in [0.25, 0.3) is 13.6 Å². The van der Waals surface area contributed by atoms with Crippen LogP contribution >= 0.6 is 7.82 Å². The molecule has 1 unspecified atom stereocenters. The highest BCUT2D eigenvalue weighted by atomic mass is 31.2. The Morgan fingerprint density at radius 2 is 1.91 bits per heavy atom. The fourth-order valence-corrected chi connectivity index (χ4v) is 3.37. The molecule has 4 rings (SSSR count). The van der Waals surface area contributed by atoms with Gasteiger partial charge >= 0.3 is 0 Å². The highest BCUT2D eigenvalue weighted by Gasteiger charge is 2.18.